The molecule has 4 nitrogen and oxygen atoms in total. The molecule has 1 aliphatic heterocycles. The number of carbonyl (C=O) groups excluding carboxylic acids is 1. The van der Waals surface area contributed by atoms with Gasteiger partial charge in [-0.1, -0.05) is 28.1 Å². The Bertz CT molecular complexity index is 687. The van der Waals surface area contributed by atoms with E-state index >= 15 is 0 Å². The topological polar surface area (TPSA) is 54.6 Å². The second-order valence-electron chi connectivity index (χ2n) is 3.97. The normalized spacial score (nSPS) is 16.6. The summed E-state index contributed by atoms with van der Waals surface area (Å²) in [6, 6.07) is 11.1. The molecule has 1 aromatic carbocycles. The highest BCUT2D eigenvalue weighted by atomic mass is 79.9. The number of halogens is 1. The fraction of sp³-hybridized carbons (Fsp3) is 0. The molecule has 1 aliphatic rings. The molecule has 5 heteroatoms. The van der Waals surface area contributed by atoms with Gasteiger partial charge in [0.1, 0.15) is 17.3 Å². The van der Waals surface area contributed by atoms with Gasteiger partial charge in [-0.2, -0.15) is 0 Å². The molecular formula is C14H9BrN2O2. The van der Waals surface area contributed by atoms with Crippen LogP contribution in [-0.2, 0) is 4.79 Å². The molecule has 0 fully saturated rings. The van der Waals surface area contributed by atoms with E-state index in [9.17, 15) is 4.79 Å². The van der Waals surface area contributed by atoms with E-state index in [1.54, 1.807) is 24.5 Å². The number of aliphatic imine (C=N–C) groups is 1. The van der Waals surface area contributed by atoms with Gasteiger partial charge in [0.2, 0.25) is 0 Å². The monoisotopic (exact) mass is 316 g/mol. The number of furan rings is 1. The van der Waals surface area contributed by atoms with Crippen molar-refractivity contribution in [1.29, 1.82) is 0 Å². The highest BCUT2D eigenvalue weighted by molar-refractivity contribution is 9.10. The van der Waals surface area contributed by atoms with Crippen molar-refractivity contribution in [3.05, 3.63) is 64.2 Å². The summed E-state index contributed by atoms with van der Waals surface area (Å²) in [5, 5.41) is 2.74. The third-order valence-electron chi connectivity index (χ3n) is 2.62. The molecule has 0 saturated carbocycles. The van der Waals surface area contributed by atoms with Crippen LogP contribution in [0.1, 0.15) is 11.3 Å². The molecule has 0 atom stereocenters. The largest absolute Gasteiger partial charge is 0.465 e. The van der Waals surface area contributed by atoms with Gasteiger partial charge in [-0.05, 0) is 24.3 Å². The van der Waals surface area contributed by atoms with Gasteiger partial charge in [-0.25, -0.2) is 4.99 Å². The first-order valence-corrected chi connectivity index (χ1v) is 6.43. The Morgan fingerprint density at radius 3 is 2.89 bits per heavy atom. The number of nitrogens with zero attached hydrogens (tertiary/aromatic N) is 1. The van der Waals surface area contributed by atoms with Crippen molar-refractivity contribution in [3.63, 3.8) is 0 Å². The number of amides is 1. The van der Waals surface area contributed by atoms with E-state index in [1.807, 2.05) is 24.3 Å². The average molecular weight is 317 g/mol. The number of benzene rings is 1. The van der Waals surface area contributed by atoms with Crippen LogP contribution in [0.25, 0.3) is 6.08 Å². The molecule has 19 heavy (non-hydrogen) atoms. The lowest BCUT2D eigenvalue weighted by Crippen LogP contribution is -2.24. The number of amidine groups is 1. The summed E-state index contributed by atoms with van der Waals surface area (Å²) >= 11 is 3.39. The van der Waals surface area contributed by atoms with Gasteiger partial charge in [0.25, 0.3) is 5.91 Å². The second-order valence-corrected chi connectivity index (χ2v) is 4.89. The van der Waals surface area contributed by atoms with Crippen molar-refractivity contribution in [1.82, 2.24) is 5.32 Å². The fourth-order valence-corrected chi connectivity index (χ4v) is 2.15. The lowest BCUT2D eigenvalue weighted by atomic mass is 10.2. The molecule has 0 spiro atoms. The fourth-order valence-electron chi connectivity index (χ4n) is 1.75. The highest BCUT2D eigenvalue weighted by Crippen LogP contribution is 2.17. The summed E-state index contributed by atoms with van der Waals surface area (Å²) in [6.07, 6.45) is 3.17. The first-order valence-electron chi connectivity index (χ1n) is 5.63. The maximum atomic E-state index is 11.8. The zero-order valence-electron chi connectivity index (χ0n) is 9.76. The van der Waals surface area contributed by atoms with E-state index < -0.39 is 0 Å². The van der Waals surface area contributed by atoms with Crippen LogP contribution in [-0.4, -0.2) is 11.7 Å². The maximum Gasteiger partial charge on any atom is 0.275 e. The summed E-state index contributed by atoms with van der Waals surface area (Å²) in [4.78, 5) is 16.1. The van der Waals surface area contributed by atoms with Crippen LogP contribution in [0.5, 0.6) is 0 Å². The van der Waals surface area contributed by atoms with E-state index in [0.29, 0.717) is 17.3 Å². The van der Waals surface area contributed by atoms with Crippen molar-refractivity contribution in [3.8, 4) is 0 Å². The third kappa shape index (κ3) is 2.51. The summed E-state index contributed by atoms with van der Waals surface area (Å²) in [6.45, 7) is 0. The zero-order chi connectivity index (χ0) is 13.2. The van der Waals surface area contributed by atoms with Crippen molar-refractivity contribution in [2.24, 2.45) is 4.99 Å². The Hall–Kier alpha value is -2.14. The summed E-state index contributed by atoms with van der Waals surface area (Å²) in [7, 11) is 0. The molecule has 0 unspecified atom stereocenters. The van der Waals surface area contributed by atoms with Gasteiger partial charge < -0.3 is 9.73 Å². The lowest BCUT2D eigenvalue weighted by Gasteiger charge is -2.00. The minimum absolute atomic E-state index is 0.230. The molecule has 2 heterocycles. The first-order chi connectivity index (χ1) is 9.22. The molecule has 0 aliphatic carbocycles. The number of rotatable bonds is 2. The van der Waals surface area contributed by atoms with E-state index in [-0.39, 0.29) is 5.91 Å². The molecule has 94 valence electrons. The Balaban J connectivity index is 1.95. The summed E-state index contributed by atoms with van der Waals surface area (Å²) < 4.78 is 6.11. The van der Waals surface area contributed by atoms with Gasteiger partial charge in [-0.3, -0.25) is 4.79 Å². The van der Waals surface area contributed by atoms with Gasteiger partial charge >= 0.3 is 0 Å². The van der Waals surface area contributed by atoms with E-state index in [2.05, 4.69) is 26.2 Å². The predicted octanol–water partition coefficient (Wildman–Crippen LogP) is 2.96. The van der Waals surface area contributed by atoms with Gasteiger partial charge in [-0.15, -0.1) is 0 Å². The van der Waals surface area contributed by atoms with Crippen LogP contribution in [0.2, 0.25) is 0 Å². The van der Waals surface area contributed by atoms with Crippen LogP contribution in [0, 0.1) is 0 Å². The summed E-state index contributed by atoms with van der Waals surface area (Å²) in [5.41, 5.74) is 1.19. The molecule has 1 aromatic heterocycles. The smallest absolute Gasteiger partial charge is 0.275 e. The van der Waals surface area contributed by atoms with Crippen molar-refractivity contribution in [2.75, 3.05) is 0 Å². The van der Waals surface area contributed by atoms with Crippen LogP contribution in [0.4, 0.5) is 0 Å². The van der Waals surface area contributed by atoms with Crippen LogP contribution in [0.3, 0.4) is 0 Å². The SMILES string of the molecule is O=C1NC(c2cccc(Br)c2)=N/C1=C\c1ccco1. The van der Waals surface area contributed by atoms with E-state index in [1.165, 1.54) is 0 Å². The minimum atomic E-state index is -0.230. The summed E-state index contributed by atoms with van der Waals surface area (Å²) in [5.74, 6) is 0.917. The molecule has 2 aromatic rings. The van der Waals surface area contributed by atoms with Crippen molar-refractivity contribution in [2.45, 2.75) is 0 Å². The molecular weight excluding hydrogens is 308 g/mol. The lowest BCUT2D eigenvalue weighted by molar-refractivity contribution is -0.115. The minimum Gasteiger partial charge on any atom is -0.465 e. The van der Waals surface area contributed by atoms with Gasteiger partial charge in [0.05, 0.1) is 6.26 Å². The molecule has 1 N–H and O–H groups in total. The first kappa shape index (κ1) is 11.9. The van der Waals surface area contributed by atoms with Crippen LogP contribution >= 0.6 is 15.9 Å². The quantitative estimate of drug-likeness (QED) is 0.866. The van der Waals surface area contributed by atoms with Gasteiger partial charge in [0.15, 0.2) is 0 Å². The third-order valence-corrected chi connectivity index (χ3v) is 3.11. The second kappa shape index (κ2) is 4.85. The predicted molar refractivity (Wildman–Crippen MR) is 75.5 cm³/mol. The van der Waals surface area contributed by atoms with Crippen molar-refractivity contribution >= 4 is 33.7 Å². The standard InChI is InChI=1S/C14H9BrN2O2/c15-10-4-1-3-9(7-10)13-16-12(14(18)17-13)8-11-5-2-6-19-11/h1-8H,(H,16,17,18)/b12-8-. The Morgan fingerprint density at radius 2 is 2.16 bits per heavy atom. The molecule has 0 radical (unpaired) electrons. The number of hydrogen-bond donors (Lipinski definition) is 1. The molecule has 3 rings (SSSR count). The number of nitrogens with one attached hydrogen (secondary N) is 1. The molecule has 0 bridgehead atoms. The van der Waals surface area contributed by atoms with E-state index in [4.69, 9.17) is 4.42 Å². The zero-order valence-corrected chi connectivity index (χ0v) is 11.3. The number of hydrogen-bond acceptors (Lipinski definition) is 3. The van der Waals surface area contributed by atoms with E-state index in [0.717, 1.165) is 10.0 Å². The van der Waals surface area contributed by atoms with Crippen LogP contribution in [0.15, 0.2) is 62.2 Å². The van der Waals surface area contributed by atoms with Gasteiger partial charge in [0, 0.05) is 16.1 Å². The molecule has 1 amide bonds. The number of carbonyl (C=O) groups is 1. The highest BCUT2D eigenvalue weighted by Gasteiger charge is 2.21. The average Bonchev–Trinajstić information content (AvgIpc) is 3.01. The maximum absolute atomic E-state index is 11.8. The van der Waals surface area contributed by atoms with Crippen LogP contribution < -0.4 is 5.32 Å². The molecule has 0 saturated heterocycles. The Kier molecular flexibility index (Phi) is 3.05. The Morgan fingerprint density at radius 1 is 1.26 bits per heavy atom. The Labute approximate surface area is 118 Å². The van der Waals surface area contributed by atoms with Crippen molar-refractivity contribution < 1.29 is 9.21 Å².